The number of nitrogens with zero attached hydrogens (tertiary/aromatic N) is 3. The summed E-state index contributed by atoms with van der Waals surface area (Å²) in [6.45, 7) is 4.29. The van der Waals surface area contributed by atoms with Crippen molar-refractivity contribution in [3.05, 3.63) is 95.7 Å². The number of carbonyl (C=O) groups excluding carboxylic acids is 1. The zero-order valence-electron chi connectivity index (χ0n) is 19.1. The molecule has 170 valence electrons. The average molecular weight is 441 g/mol. The van der Waals surface area contributed by atoms with Crippen LogP contribution < -0.4 is 10.2 Å². The van der Waals surface area contributed by atoms with Crippen LogP contribution in [-0.4, -0.2) is 48.5 Å². The second-order valence-corrected chi connectivity index (χ2v) is 9.19. The van der Waals surface area contributed by atoms with Crippen molar-refractivity contribution >= 4 is 11.7 Å². The Morgan fingerprint density at radius 3 is 2.42 bits per heavy atom. The molecule has 0 aliphatic carbocycles. The molecule has 1 atom stereocenters. The van der Waals surface area contributed by atoms with Crippen molar-refractivity contribution in [1.82, 2.24) is 15.2 Å². The van der Waals surface area contributed by atoms with E-state index in [1.807, 2.05) is 23.1 Å². The molecule has 0 radical (unpaired) electrons. The fraction of sp³-hybridized carbons (Fsp3) is 0.357. The molecule has 0 saturated carbocycles. The van der Waals surface area contributed by atoms with E-state index in [4.69, 9.17) is 0 Å². The molecular weight excluding hydrogens is 408 g/mol. The predicted molar refractivity (Wildman–Crippen MR) is 132 cm³/mol. The van der Waals surface area contributed by atoms with Gasteiger partial charge in [0.2, 0.25) is 0 Å². The van der Waals surface area contributed by atoms with Crippen LogP contribution in [0.4, 0.5) is 5.82 Å². The highest BCUT2D eigenvalue weighted by Gasteiger charge is 2.26. The van der Waals surface area contributed by atoms with Crippen LogP contribution in [0.2, 0.25) is 0 Å². The molecule has 5 nitrogen and oxygen atoms in total. The molecule has 0 bridgehead atoms. The van der Waals surface area contributed by atoms with E-state index in [-0.39, 0.29) is 11.9 Å². The lowest BCUT2D eigenvalue weighted by molar-refractivity contribution is 0.0690. The van der Waals surface area contributed by atoms with Gasteiger partial charge in [-0.2, -0.15) is 0 Å². The van der Waals surface area contributed by atoms with Crippen molar-refractivity contribution in [2.45, 2.75) is 25.3 Å². The molecule has 1 amide bonds. The van der Waals surface area contributed by atoms with Gasteiger partial charge >= 0.3 is 0 Å². The minimum atomic E-state index is 0.131. The minimum absolute atomic E-state index is 0.131. The summed E-state index contributed by atoms with van der Waals surface area (Å²) in [5, 5.41) is 3.60. The molecule has 1 unspecified atom stereocenters. The zero-order chi connectivity index (χ0) is 22.5. The van der Waals surface area contributed by atoms with Crippen molar-refractivity contribution in [3.8, 4) is 0 Å². The highest BCUT2D eigenvalue weighted by Crippen LogP contribution is 2.25. The number of rotatable bonds is 5. The number of piperazine rings is 1. The van der Waals surface area contributed by atoms with Crippen LogP contribution in [0.15, 0.2) is 79.0 Å². The maximum atomic E-state index is 13.3. The van der Waals surface area contributed by atoms with Crippen LogP contribution in [0.5, 0.6) is 0 Å². The maximum absolute atomic E-state index is 13.3. The first-order chi connectivity index (χ1) is 16.3. The first-order valence-electron chi connectivity index (χ1n) is 12.1. The first-order valence-corrected chi connectivity index (χ1v) is 12.1. The fourth-order valence-electron chi connectivity index (χ4n) is 5.06. The second-order valence-electron chi connectivity index (χ2n) is 9.19. The lowest BCUT2D eigenvalue weighted by Gasteiger charge is -2.35. The van der Waals surface area contributed by atoms with E-state index in [2.05, 4.69) is 69.8 Å². The molecule has 5 heteroatoms. The third kappa shape index (κ3) is 5.25. The molecule has 2 aliphatic heterocycles. The molecule has 1 aromatic heterocycles. The van der Waals surface area contributed by atoms with Crippen LogP contribution >= 0.6 is 0 Å². The van der Waals surface area contributed by atoms with Gasteiger partial charge < -0.3 is 15.1 Å². The van der Waals surface area contributed by atoms with Crippen LogP contribution in [0.25, 0.3) is 0 Å². The van der Waals surface area contributed by atoms with Crippen molar-refractivity contribution in [2.24, 2.45) is 5.92 Å². The summed E-state index contributed by atoms with van der Waals surface area (Å²) in [4.78, 5) is 22.2. The Morgan fingerprint density at radius 2 is 1.67 bits per heavy atom. The van der Waals surface area contributed by atoms with Crippen LogP contribution in [-0.2, 0) is 6.42 Å². The Hall–Kier alpha value is -3.18. The van der Waals surface area contributed by atoms with Crippen molar-refractivity contribution in [1.29, 1.82) is 0 Å². The highest BCUT2D eigenvalue weighted by atomic mass is 16.2. The van der Waals surface area contributed by atoms with Crippen LogP contribution in [0, 0.1) is 5.92 Å². The molecular formula is C28H32N4O. The predicted octanol–water partition coefficient (Wildman–Crippen LogP) is 4.33. The van der Waals surface area contributed by atoms with Gasteiger partial charge in [-0.3, -0.25) is 4.79 Å². The van der Waals surface area contributed by atoms with E-state index < -0.39 is 0 Å². The number of nitrogens with one attached hydrogen (secondary N) is 1. The van der Waals surface area contributed by atoms with Gasteiger partial charge in [0.05, 0.1) is 0 Å². The lowest BCUT2D eigenvalue weighted by Crippen LogP contribution is -2.46. The molecule has 0 spiro atoms. The summed E-state index contributed by atoms with van der Waals surface area (Å²) < 4.78 is 0. The normalized spacial score (nSPS) is 19.5. The number of piperidine rings is 1. The number of carbonyl (C=O) groups is 1. The van der Waals surface area contributed by atoms with Crippen LogP contribution in [0.3, 0.4) is 0 Å². The molecule has 2 aliphatic rings. The second kappa shape index (κ2) is 10.2. The minimum Gasteiger partial charge on any atom is -0.353 e. The van der Waals surface area contributed by atoms with E-state index in [0.717, 1.165) is 63.4 Å². The van der Waals surface area contributed by atoms with E-state index in [9.17, 15) is 4.79 Å². The number of benzene rings is 2. The third-order valence-electron chi connectivity index (χ3n) is 6.96. The van der Waals surface area contributed by atoms with Gasteiger partial charge in [0.25, 0.3) is 5.91 Å². The van der Waals surface area contributed by atoms with Gasteiger partial charge in [-0.15, -0.1) is 0 Å². The molecule has 1 N–H and O–H groups in total. The SMILES string of the molecule is O=C(c1ccnc(N2CCNC(c3ccccc3)C2)c1)N1CCC(Cc2ccccc2)CC1. The van der Waals surface area contributed by atoms with E-state index in [1.165, 1.54) is 11.1 Å². The zero-order valence-corrected chi connectivity index (χ0v) is 19.1. The number of aromatic nitrogens is 1. The van der Waals surface area contributed by atoms with Gasteiger partial charge in [-0.05, 0) is 48.4 Å². The Morgan fingerprint density at radius 1 is 0.939 bits per heavy atom. The summed E-state index contributed by atoms with van der Waals surface area (Å²) in [6, 6.07) is 25.3. The molecule has 33 heavy (non-hydrogen) atoms. The lowest BCUT2D eigenvalue weighted by atomic mass is 9.90. The Bertz CT molecular complexity index is 1050. The number of anilines is 1. The van der Waals surface area contributed by atoms with Gasteiger partial charge in [-0.25, -0.2) is 4.98 Å². The monoisotopic (exact) mass is 440 g/mol. The Kier molecular flexibility index (Phi) is 6.68. The molecule has 5 rings (SSSR count). The van der Waals surface area contributed by atoms with Gasteiger partial charge in [-0.1, -0.05) is 60.7 Å². The summed E-state index contributed by atoms with van der Waals surface area (Å²) in [6.07, 6.45) is 5.02. The van der Waals surface area contributed by atoms with E-state index >= 15 is 0 Å². The number of hydrogen-bond acceptors (Lipinski definition) is 4. The molecule has 2 fully saturated rings. The standard InChI is InChI=1S/C28H32N4O/c33-28(31-16-12-23(13-17-31)19-22-7-3-1-4-8-22)25-11-14-30-27(20-25)32-18-15-29-26(21-32)24-9-5-2-6-10-24/h1-11,14,20,23,26,29H,12-13,15-19,21H2. The molecule has 2 saturated heterocycles. The van der Waals surface area contributed by atoms with E-state index in [1.54, 1.807) is 6.20 Å². The summed E-state index contributed by atoms with van der Waals surface area (Å²) in [5.41, 5.74) is 3.43. The van der Waals surface area contributed by atoms with E-state index in [0.29, 0.717) is 5.92 Å². The first kappa shape index (κ1) is 21.7. The molecule has 2 aromatic carbocycles. The number of likely N-dealkylation sites (tertiary alicyclic amines) is 1. The number of amides is 1. The van der Waals surface area contributed by atoms with Crippen molar-refractivity contribution < 1.29 is 4.79 Å². The summed E-state index contributed by atoms with van der Waals surface area (Å²) in [7, 11) is 0. The number of pyridine rings is 1. The highest BCUT2D eigenvalue weighted by molar-refractivity contribution is 5.95. The van der Waals surface area contributed by atoms with Gasteiger partial charge in [0.15, 0.2) is 0 Å². The largest absolute Gasteiger partial charge is 0.353 e. The molecule has 3 heterocycles. The Balaban J connectivity index is 1.21. The summed E-state index contributed by atoms with van der Waals surface area (Å²) >= 11 is 0. The smallest absolute Gasteiger partial charge is 0.254 e. The van der Waals surface area contributed by atoms with Gasteiger partial charge in [0.1, 0.15) is 5.82 Å². The Labute approximate surface area is 196 Å². The van der Waals surface area contributed by atoms with Crippen molar-refractivity contribution in [3.63, 3.8) is 0 Å². The topological polar surface area (TPSA) is 48.5 Å². The summed E-state index contributed by atoms with van der Waals surface area (Å²) in [5.74, 6) is 1.68. The fourth-order valence-corrected chi connectivity index (χ4v) is 5.06. The van der Waals surface area contributed by atoms with Crippen molar-refractivity contribution in [2.75, 3.05) is 37.6 Å². The van der Waals surface area contributed by atoms with Gasteiger partial charge in [0, 0.05) is 50.5 Å². The van der Waals surface area contributed by atoms with Crippen LogP contribution in [0.1, 0.15) is 40.4 Å². The number of hydrogen-bond donors (Lipinski definition) is 1. The molecule has 3 aromatic rings. The maximum Gasteiger partial charge on any atom is 0.254 e. The average Bonchev–Trinajstić information content (AvgIpc) is 2.90. The third-order valence-corrected chi connectivity index (χ3v) is 6.96. The quantitative estimate of drug-likeness (QED) is 0.642.